The Balaban J connectivity index is 1.88. The highest BCUT2D eigenvalue weighted by Crippen LogP contribution is 2.22. The van der Waals surface area contributed by atoms with Crippen molar-refractivity contribution in [1.29, 1.82) is 0 Å². The molecule has 5 heteroatoms. The van der Waals surface area contributed by atoms with Gasteiger partial charge in [-0.3, -0.25) is 9.59 Å². The third-order valence-electron chi connectivity index (χ3n) is 10.1. The second-order valence-electron chi connectivity index (χ2n) is 14.6. The van der Waals surface area contributed by atoms with Gasteiger partial charge in [0, 0.05) is 25.7 Å². The lowest BCUT2D eigenvalue weighted by atomic mass is 10.0. The maximum absolute atomic E-state index is 12.4. The summed E-state index contributed by atoms with van der Waals surface area (Å²) >= 11 is 0. The Bertz CT molecular complexity index is 680. The number of hydrogen-bond donors (Lipinski definition) is 0. The van der Waals surface area contributed by atoms with E-state index in [9.17, 15) is 9.59 Å². The highest BCUT2D eigenvalue weighted by molar-refractivity contribution is 5.69. The van der Waals surface area contributed by atoms with E-state index in [0.717, 1.165) is 32.1 Å². The molecule has 1 heterocycles. The molecule has 1 aliphatic heterocycles. The quantitative estimate of drug-likeness (QED) is 0.0493. The largest absolute Gasteiger partial charge is 0.466 e. The van der Waals surface area contributed by atoms with E-state index in [4.69, 9.17) is 14.2 Å². The van der Waals surface area contributed by atoms with Gasteiger partial charge in [-0.25, -0.2) is 0 Å². The molecule has 0 radical (unpaired) electrons. The molecule has 0 aromatic carbocycles. The predicted molar refractivity (Wildman–Crippen MR) is 199 cm³/mol. The van der Waals surface area contributed by atoms with E-state index in [1.165, 1.54) is 167 Å². The smallest absolute Gasteiger partial charge is 0.306 e. The fourth-order valence-electron chi connectivity index (χ4n) is 6.90. The van der Waals surface area contributed by atoms with Crippen LogP contribution in [0.4, 0.5) is 0 Å². The molecular weight excluding hydrogens is 584 g/mol. The van der Waals surface area contributed by atoms with Gasteiger partial charge in [0.1, 0.15) is 6.10 Å². The molecule has 1 fully saturated rings. The van der Waals surface area contributed by atoms with Crippen LogP contribution in [0, 0.1) is 0 Å². The highest BCUT2D eigenvalue weighted by atomic mass is 16.6. The lowest BCUT2D eigenvalue weighted by Gasteiger charge is -2.19. The van der Waals surface area contributed by atoms with Gasteiger partial charge in [-0.2, -0.15) is 0 Å². The molecule has 2 atom stereocenters. The zero-order valence-corrected chi connectivity index (χ0v) is 31.7. The molecule has 0 N–H and O–H groups in total. The molecule has 1 rings (SSSR count). The van der Waals surface area contributed by atoms with Crippen molar-refractivity contribution in [2.24, 2.45) is 0 Å². The van der Waals surface area contributed by atoms with E-state index in [2.05, 4.69) is 13.8 Å². The molecule has 5 nitrogen and oxygen atoms in total. The van der Waals surface area contributed by atoms with Gasteiger partial charge >= 0.3 is 11.9 Å². The number of ether oxygens (including phenoxy) is 3. The van der Waals surface area contributed by atoms with Gasteiger partial charge in [0.25, 0.3) is 0 Å². The second-order valence-corrected chi connectivity index (χ2v) is 14.6. The van der Waals surface area contributed by atoms with Gasteiger partial charge in [0.2, 0.25) is 0 Å². The van der Waals surface area contributed by atoms with Crippen molar-refractivity contribution in [2.75, 3.05) is 13.2 Å². The van der Waals surface area contributed by atoms with Crippen LogP contribution in [-0.2, 0) is 23.8 Å². The number of carbonyl (C=O) groups excluding carboxylic acids is 2. The Hall–Kier alpha value is -1.10. The zero-order chi connectivity index (χ0) is 33.9. The van der Waals surface area contributed by atoms with E-state index >= 15 is 0 Å². The minimum absolute atomic E-state index is 0.106. The van der Waals surface area contributed by atoms with Crippen LogP contribution in [0.25, 0.3) is 0 Å². The number of hydrogen-bond acceptors (Lipinski definition) is 5. The third-order valence-corrected chi connectivity index (χ3v) is 10.1. The molecule has 0 amide bonds. The van der Waals surface area contributed by atoms with Crippen LogP contribution < -0.4 is 0 Å². The van der Waals surface area contributed by atoms with E-state index in [1.54, 1.807) is 0 Å². The topological polar surface area (TPSA) is 61.8 Å². The normalized spacial score (nSPS) is 16.1. The van der Waals surface area contributed by atoms with Crippen molar-refractivity contribution >= 4 is 11.9 Å². The van der Waals surface area contributed by atoms with Crippen molar-refractivity contribution in [3.8, 4) is 0 Å². The second kappa shape index (κ2) is 34.8. The summed E-state index contributed by atoms with van der Waals surface area (Å²) in [5, 5.41) is 0. The SMILES string of the molecule is CCCCCCCCCCCCCCCCCC(=O)OCC[C@H]1OCC[C@H]1OC(=O)CCCCCCCCCCCCCCCCC. The lowest BCUT2D eigenvalue weighted by Crippen LogP contribution is -2.28. The summed E-state index contributed by atoms with van der Waals surface area (Å²) in [5.41, 5.74) is 0. The Morgan fingerprint density at radius 1 is 0.489 bits per heavy atom. The van der Waals surface area contributed by atoms with Gasteiger partial charge in [-0.15, -0.1) is 0 Å². The summed E-state index contributed by atoms with van der Waals surface area (Å²) in [6.45, 7) is 5.51. The summed E-state index contributed by atoms with van der Waals surface area (Å²) in [4.78, 5) is 24.6. The van der Waals surface area contributed by atoms with E-state index in [1.807, 2.05) is 0 Å². The molecule has 0 saturated carbocycles. The molecule has 0 bridgehead atoms. The molecule has 0 spiro atoms. The summed E-state index contributed by atoms with van der Waals surface area (Å²) in [7, 11) is 0. The average Bonchev–Trinajstić information content (AvgIpc) is 3.51. The molecule has 1 aliphatic rings. The maximum atomic E-state index is 12.4. The van der Waals surface area contributed by atoms with Crippen LogP contribution in [0.15, 0.2) is 0 Å². The van der Waals surface area contributed by atoms with Gasteiger partial charge < -0.3 is 14.2 Å². The minimum Gasteiger partial charge on any atom is -0.466 e. The van der Waals surface area contributed by atoms with Crippen molar-refractivity contribution in [1.82, 2.24) is 0 Å². The Labute approximate surface area is 292 Å². The van der Waals surface area contributed by atoms with Crippen molar-refractivity contribution in [3.63, 3.8) is 0 Å². The Kier molecular flexibility index (Phi) is 32.5. The molecule has 0 aromatic heterocycles. The van der Waals surface area contributed by atoms with Crippen molar-refractivity contribution in [3.05, 3.63) is 0 Å². The fourth-order valence-corrected chi connectivity index (χ4v) is 6.90. The minimum atomic E-state index is -0.201. The third kappa shape index (κ3) is 29.5. The molecule has 1 saturated heterocycles. The zero-order valence-electron chi connectivity index (χ0n) is 31.7. The first kappa shape index (κ1) is 43.9. The van der Waals surface area contributed by atoms with Gasteiger partial charge in [-0.1, -0.05) is 194 Å². The summed E-state index contributed by atoms with van der Waals surface area (Å²) in [6.07, 6.45) is 41.6. The molecule has 0 aliphatic carbocycles. The average molecular weight is 665 g/mol. The molecule has 47 heavy (non-hydrogen) atoms. The molecule has 0 unspecified atom stereocenters. The van der Waals surface area contributed by atoms with Crippen LogP contribution in [0.3, 0.4) is 0 Å². The van der Waals surface area contributed by atoms with Gasteiger partial charge in [0.05, 0.1) is 19.3 Å². The lowest BCUT2D eigenvalue weighted by molar-refractivity contribution is -0.154. The summed E-state index contributed by atoms with van der Waals surface area (Å²) in [6, 6.07) is 0. The van der Waals surface area contributed by atoms with Gasteiger partial charge in [-0.05, 0) is 12.8 Å². The van der Waals surface area contributed by atoms with Crippen molar-refractivity contribution in [2.45, 2.75) is 244 Å². The number of carbonyl (C=O) groups is 2. The van der Waals surface area contributed by atoms with Crippen LogP contribution in [0.2, 0.25) is 0 Å². The number of esters is 2. The predicted octanol–water partition coefficient (Wildman–Crippen LogP) is 13.1. The first-order valence-electron chi connectivity index (χ1n) is 21.1. The van der Waals surface area contributed by atoms with E-state index < -0.39 is 0 Å². The molecule has 278 valence electrons. The summed E-state index contributed by atoms with van der Waals surface area (Å²) < 4.78 is 17.0. The highest BCUT2D eigenvalue weighted by Gasteiger charge is 2.31. The van der Waals surface area contributed by atoms with Crippen LogP contribution in [0.1, 0.15) is 232 Å². The van der Waals surface area contributed by atoms with Crippen LogP contribution in [0.5, 0.6) is 0 Å². The van der Waals surface area contributed by atoms with Gasteiger partial charge in [0.15, 0.2) is 0 Å². The fraction of sp³-hybridized carbons (Fsp3) is 0.952. The monoisotopic (exact) mass is 665 g/mol. The van der Waals surface area contributed by atoms with E-state index in [0.29, 0.717) is 32.5 Å². The molecular formula is C42H80O5. The Morgan fingerprint density at radius 3 is 1.21 bits per heavy atom. The van der Waals surface area contributed by atoms with Crippen LogP contribution >= 0.6 is 0 Å². The number of rotatable bonds is 36. The summed E-state index contributed by atoms with van der Waals surface area (Å²) in [5.74, 6) is -0.218. The first-order chi connectivity index (χ1) is 23.2. The van der Waals surface area contributed by atoms with Crippen LogP contribution in [-0.4, -0.2) is 37.4 Å². The molecule has 0 aromatic rings. The standard InChI is InChI=1S/C42H80O5/c1-3-5-7-9-11-13-15-17-19-21-23-25-27-29-31-33-41(43)46-38-35-39-40(36-37-45-39)47-42(44)34-32-30-28-26-24-22-20-18-16-14-12-10-8-6-4-2/h39-40H,3-38H2,1-2H3/t39-,40-/m1/s1. The van der Waals surface area contributed by atoms with E-state index in [-0.39, 0.29) is 24.1 Å². The first-order valence-corrected chi connectivity index (χ1v) is 21.1. The number of unbranched alkanes of at least 4 members (excludes halogenated alkanes) is 28. The van der Waals surface area contributed by atoms with Crippen molar-refractivity contribution < 1.29 is 23.8 Å². The maximum Gasteiger partial charge on any atom is 0.306 e. The Morgan fingerprint density at radius 2 is 0.830 bits per heavy atom.